The van der Waals surface area contributed by atoms with Crippen molar-refractivity contribution in [1.82, 2.24) is 10.1 Å². The molecule has 2 heterocycles. The molecule has 16 heavy (non-hydrogen) atoms. The van der Waals surface area contributed by atoms with Crippen LogP contribution in [0, 0.1) is 0 Å². The zero-order valence-corrected chi connectivity index (χ0v) is 9.69. The first-order chi connectivity index (χ1) is 7.75. The Kier molecular flexibility index (Phi) is 3.90. The third-order valence-corrected chi connectivity index (χ3v) is 2.83. The lowest BCUT2D eigenvalue weighted by Gasteiger charge is -2.01. The minimum Gasteiger partial charge on any atom is -0.381 e. The van der Waals surface area contributed by atoms with E-state index >= 15 is 0 Å². The van der Waals surface area contributed by atoms with Crippen molar-refractivity contribution in [3.63, 3.8) is 0 Å². The molecule has 1 saturated heterocycles. The summed E-state index contributed by atoms with van der Waals surface area (Å²) in [4.78, 5) is 4.39. The number of ether oxygens (including phenoxy) is 1. The summed E-state index contributed by atoms with van der Waals surface area (Å²) in [7, 11) is 0. The van der Waals surface area contributed by atoms with Crippen LogP contribution in [0.25, 0.3) is 0 Å². The second-order valence-corrected chi connectivity index (χ2v) is 4.48. The van der Waals surface area contributed by atoms with Gasteiger partial charge in [-0.3, -0.25) is 0 Å². The van der Waals surface area contributed by atoms with Gasteiger partial charge in [0.2, 0.25) is 5.89 Å². The molecule has 0 aromatic carbocycles. The van der Waals surface area contributed by atoms with Gasteiger partial charge >= 0.3 is 0 Å². The number of aryl methyl sites for hydroxylation is 1. The Morgan fingerprint density at radius 1 is 1.56 bits per heavy atom. The molecule has 0 radical (unpaired) electrons. The van der Waals surface area contributed by atoms with Crippen LogP contribution in [0.1, 0.15) is 43.8 Å². The molecule has 1 aromatic heterocycles. The van der Waals surface area contributed by atoms with Crippen LogP contribution in [0.3, 0.4) is 0 Å². The Morgan fingerprint density at radius 3 is 3.12 bits per heavy atom. The van der Waals surface area contributed by atoms with Gasteiger partial charge in [-0.15, -0.1) is 0 Å². The molecular weight excluding hydrogens is 206 g/mol. The molecule has 2 N–H and O–H groups in total. The summed E-state index contributed by atoms with van der Waals surface area (Å²) in [5, 5.41) is 4.00. The molecule has 1 fully saturated rings. The monoisotopic (exact) mass is 225 g/mol. The fraction of sp³-hybridized carbons (Fsp3) is 0.818. The predicted molar refractivity (Wildman–Crippen MR) is 59.1 cm³/mol. The molecule has 90 valence electrons. The van der Waals surface area contributed by atoms with Gasteiger partial charge in [0.25, 0.3) is 0 Å². The maximum Gasteiger partial charge on any atom is 0.226 e. The minimum absolute atomic E-state index is 0.241. The first-order valence-electron chi connectivity index (χ1n) is 5.91. The zero-order chi connectivity index (χ0) is 11.4. The minimum atomic E-state index is 0.241. The Labute approximate surface area is 95.3 Å². The number of nitrogens with two attached hydrogens (primary N) is 1. The molecule has 0 saturated carbocycles. The Morgan fingerprint density at radius 2 is 2.44 bits per heavy atom. The lowest BCUT2D eigenvalue weighted by molar-refractivity contribution is 0.192. The Balaban J connectivity index is 1.82. The predicted octanol–water partition coefficient (Wildman–Crippen LogP) is 1.24. The van der Waals surface area contributed by atoms with E-state index in [-0.39, 0.29) is 6.04 Å². The highest BCUT2D eigenvalue weighted by molar-refractivity contribution is 4.97. The number of nitrogens with zero attached hydrogens (tertiary/aromatic N) is 2. The van der Waals surface area contributed by atoms with Crippen LogP contribution < -0.4 is 5.73 Å². The van der Waals surface area contributed by atoms with Gasteiger partial charge in [0.15, 0.2) is 5.82 Å². The fourth-order valence-electron chi connectivity index (χ4n) is 1.85. The summed E-state index contributed by atoms with van der Waals surface area (Å²) in [6, 6.07) is 0.241. The highest BCUT2D eigenvalue weighted by Crippen LogP contribution is 2.22. The Bertz CT molecular complexity index is 319. The van der Waals surface area contributed by atoms with Crippen LogP contribution in [-0.2, 0) is 11.2 Å². The van der Waals surface area contributed by atoms with Gasteiger partial charge in [0, 0.05) is 25.0 Å². The van der Waals surface area contributed by atoms with E-state index < -0.39 is 0 Å². The third kappa shape index (κ3) is 3.02. The summed E-state index contributed by atoms with van der Waals surface area (Å²) >= 11 is 0. The van der Waals surface area contributed by atoms with Gasteiger partial charge in [-0.25, -0.2) is 0 Å². The average Bonchev–Trinajstić information content (AvgIpc) is 2.85. The smallest absolute Gasteiger partial charge is 0.226 e. The van der Waals surface area contributed by atoms with Crippen LogP contribution in [0.5, 0.6) is 0 Å². The first kappa shape index (κ1) is 11.5. The molecule has 2 atom stereocenters. The van der Waals surface area contributed by atoms with Crippen molar-refractivity contribution in [2.45, 2.75) is 44.6 Å². The van der Waals surface area contributed by atoms with Crippen molar-refractivity contribution in [2.24, 2.45) is 5.73 Å². The van der Waals surface area contributed by atoms with Crippen molar-refractivity contribution >= 4 is 0 Å². The standard InChI is InChI=1S/C11H19N3O2/c1-8(12)3-2-4-10-13-11(14-16-10)9-5-6-15-7-9/h8-9H,2-7,12H2,1H3. The van der Waals surface area contributed by atoms with Crippen LogP contribution in [0.2, 0.25) is 0 Å². The summed E-state index contributed by atoms with van der Waals surface area (Å²) in [5.74, 6) is 1.85. The van der Waals surface area contributed by atoms with Crippen molar-refractivity contribution in [3.8, 4) is 0 Å². The van der Waals surface area contributed by atoms with Crippen LogP contribution in [-0.4, -0.2) is 29.4 Å². The van der Waals surface area contributed by atoms with E-state index in [1.165, 1.54) is 0 Å². The lowest BCUT2D eigenvalue weighted by Crippen LogP contribution is -2.14. The second kappa shape index (κ2) is 5.41. The van der Waals surface area contributed by atoms with Crippen molar-refractivity contribution in [2.75, 3.05) is 13.2 Å². The van der Waals surface area contributed by atoms with Crippen molar-refractivity contribution in [3.05, 3.63) is 11.7 Å². The molecule has 5 nitrogen and oxygen atoms in total. The van der Waals surface area contributed by atoms with E-state index in [2.05, 4.69) is 10.1 Å². The lowest BCUT2D eigenvalue weighted by atomic mass is 10.1. The Hall–Kier alpha value is -0.940. The molecular formula is C11H19N3O2. The molecule has 1 aromatic rings. The average molecular weight is 225 g/mol. The number of hydrogen-bond acceptors (Lipinski definition) is 5. The van der Waals surface area contributed by atoms with Crippen molar-refractivity contribution < 1.29 is 9.26 Å². The molecule has 2 rings (SSSR count). The highest BCUT2D eigenvalue weighted by atomic mass is 16.5. The highest BCUT2D eigenvalue weighted by Gasteiger charge is 2.22. The number of aromatic nitrogens is 2. The molecule has 1 aliphatic heterocycles. The molecule has 1 aliphatic rings. The summed E-state index contributed by atoms with van der Waals surface area (Å²) < 4.78 is 10.5. The van der Waals surface area contributed by atoms with Gasteiger partial charge in [-0.2, -0.15) is 4.98 Å². The quantitative estimate of drug-likeness (QED) is 0.816. The van der Waals surface area contributed by atoms with Gasteiger partial charge in [0.05, 0.1) is 6.61 Å². The van der Waals surface area contributed by atoms with Gasteiger partial charge in [-0.05, 0) is 26.2 Å². The van der Waals surface area contributed by atoms with Gasteiger partial charge in [-0.1, -0.05) is 5.16 Å². The molecule has 0 spiro atoms. The van der Waals surface area contributed by atoms with E-state index in [1.807, 2.05) is 6.92 Å². The number of hydrogen-bond donors (Lipinski definition) is 1. The van der Waals surface area contributed by atoms with E-state index in [0.717, 1.165) is 50.6 Å². The maximum absolute atomic E-state index is 5.68. The van der Waals surface area contributed by atoms with Gasteiger partial charge < -0.3 is 15.0 Å². The van der Waals surface area contributed by atoms with Crippen LogP contribution in [0.4, 0.5) is 0 Å². The van der Waals surface area contributed by atoms with E-state index in [1.54, 1.807) is 0 Å². The van der Waals surface area contributed by atoms with E-state index in [4.69, 9.17) is 15.0 Å². The van der Waals surface area contributed by atoms with Gasteiger partial charge in [0.1, 0.15) is 0 Å². The van der Waals surface area contributed by atoms with E-state index in [9.17, 15) is 0 Å². The summed E-state index contributed by atoms with van der Waals surface area (Å²) in [6.07, 6.45) is 3.81. The fourth-order valence-corrected chi connectivity index (χ4v) is 1.85. The van der Waals surface area contributed by atoms with Crippen LogP contribution >= 0.6 is 0 Å². The number of rotatable bonds is 5. The molecule has 0 bridgehead atoms. The molecule has 5 heteroatoms. The van der Waals surface area contributed by atoms with E-state index in [0.29, 0.717) is 5.92 Å². The molecule has 0 amide bonds. The van der Waals surface area contributed by atoms with Crippen LogP contribution in [0.15, 0.2) is 4.52 Å². The maximum atomic E-state index is 5.68. The zero-order valence-electron chi connectivity index (χ0n) is 9.69. The summed E-state index contributed by atoms with van der Waals surface area (Å²) in [5.41, 5.74) is 5.68. The molecule has 0 aliphatic carbocycles. The summed E-state index contributed by atoms with van der Waals surface area (Å²) in [6.45, 7) is 3.53. The topological polar surface area (TPSA) is 74.2 Å². The van der Waals surface area contributed by atoms with Crippen molar-refractivity contribution in [1.29, 1.82) is 0 Å². The normalized spacial score (nSPS) is 22.5. The largest absolute Gasteiger partial charge is 0.381 e. The first-order valence-corrected chi connectivity index (χ1v) is 5.91. The third-order valence-electron chi connectivity index (χ3n) is 2.83. The second-order valence-electron chi connectivity index (χ2n) is 4.48. The molecule has 2 unspecified atom stereocenters. The SMILES string of the molecule is CC(N)CCCc1nc(C2CCOC2)no1.